The van der Waals surface area contributed by atoms with Crippen molar-refractivity contribution >= 4 is 13.6 Å². The van der Waals surface area contributed by atoms with E-state index in [4.69, 9.17) is 0 Å². The minimum absolute atomic E-state index is 0. The summed E-state index contributed by atoms with van der Waals surface area (Å²) < 4.78 is 55.0. The van der Waals surface area contributed by atoms with Gasteiger partial charge in [-0.3, -0.25) is 4.79 Å². The van der Waals surface area contributed by atoms with Crippen LogP contribution >= 0.6 is 7.82 Å². The smallest absolute Gasteiger partial charge is 0.790 e. The number of hydrogen-bond donors (Lipinski definition) is 1. The number of phosphoric acid groups is 1. The predicted octanol–water partition coefficient (Wildman–Crippen LogP) is -3.03. The summed E-state index contributed by atoms with van der Waals surface area (Å²) in [7, 11) is -5.20. The standard InChI is InChI=1S/C21H32F3O6P.2Na/c1-19-8-6-14-13-7-9-20(26,21(22,23)24)10-12(13)2-3-15(14)16(19)4-5-17(19)18(25)11-30-31(27,28)29;;/h12-17,26H,2-11H2,1H3,(H2,27,28,29);;/q;2*+1/p-2/t12-,13+,14?,15?,16?,17-,19+,20-;;/m1../s1. The second kappa shape index (κ2) is 10.7. The summed E-state index contributed by atoms with van der Waals surface area (Å²) in [6.45, 7) is 1.35. The second-order valence-electron chi connectivity index (χ2n) is 10.6. The molecular formula is C21H30F3Na2O6P. The third kappa shape index (κ3) is 5.84. The third-order valence-corrected chi connectivity index (χ3v) is 9.74. The van der Waals surface area contributed by atoms with Gasteiger partial charge in [-0.15, -0.1) is 0 Å². The Labute approximate surface area is 237 Å². The van der Waals surface area contributed by atoms with Crippen molar-refractivity contribution in [3.05, 3.63) is 0 Å². The number of phosphoric ester groups is 1. The topological polar surface area (TPSA) is 110 Å². The van der Waals surface area contributed by atoms with Crippen LogP contribution in [-0.4, -0.2) is 29.3 Å². The van der Waals surface area contributed by atoms with Crippen LogP contribution in [0, 0.1) is 40.9 Å². The minimum Gasteiger partial charge on any atom is -0.790 e. The second-order valence-corrected chi connectivity index (χ2v) is 11.7. The largest absolute Gasteiger partial charge is 1.00 e. The normalized spacial score (nSPS) is 42.8. The van der Waals surface area contributed by atoms with E-state index in [0.29, 0.717) is 31.1 Å². The van der Waals surface area contributed by atoms with Crippen LogP contribution in [0.1, 0.15) is 64.7 Å². The summed E-state index contributed by atoms with van der Waals surface area (Å²) in [6, 6.07) is 0. The molecule has 0 aromatic rings. The number of fused-ring (bicyclic) bond motifs is 5. The van der Waals surface area contributed by atoms with E-state index in [9.17, 15) is 37.4 Å². The Bertz CT molecular complexity index is 780. The van der Waals surface area contributed by atoms with Crippen molar-refractivity contribution in [2.45, 2.75) is 76.5 Å². The van der Waals surface area contributed by atoms with Gasteiger partial charge < -0.3 is 24.0 Å². The zero-order valence-corrected chi connectivity index (χ0v) is 24.5. The van der Waals surface area contributed by atoms with Gasteiger partial charge >= 0.3 is 65.3 Å². The van der Waals surface area contributed by atoms with Gasteiger partial charge in [-0.1, -0.05) is 6.92 Å². The summed E-state index contributed by atoms with van der Waals surface area (Å²) in [5.41, 5.74) is -2.87. The number of alkyl halides is 3. The zero-order valence-electron chi connectivity index (χ0n) is 19.6. The SMILES string of the molecule is C[C@]12CCC3C(CC[C@@H]4C[C@@](O)(C(F)(F)F)CC[C@H]34)C1CC[C@@H]2C(=O)COP(=O)([O-])[O-].[Na+].[Na+]. The van der Waals surface area contributed by atoms with Gasteiger partial charge in [-0.05, 0) is 92.8 Å². The first kappa shape index (κ1) is 30.8. The van der Waals surface area contributed by atoms with Gasteiger partial charge in [0.25, 0.3) is 0 Å². The maximum atomic E-state index is 13.4. The van der Waals surface area contributed by atoms with Gasteiger partial charge in [0.15, 0.2) is 11.4 Å². The van der Waals surface area contributed by atoms with E-state index in [0.717, 1.165) is 25.7 Å². The van der Waals surface area contributed by atoms with Crippen LogP contribution in [0.2, 0.25) is 0 Å². The molecule has 0 aromatic carbocycles. The molecule has 4 rings (SSSR count). The van der Waals surface area contributed by atoms with E-state index in [1.54, 1.807) is 0 Å². The van der Waals surface area contributed by atoms with E-state index in [2.05, 4.69) is 11.4 Å². The van der Waals surface area contributed by atoms with Crippen molar-refractivity contribution in [3.63, 3.8) is 0 Å². The van der Waals surface area contributed by atoms with Gasteiger partial charge in [0.2, 0.25) is 0 Å². The Morgan fingerprint density at radius 3 is 2.27 bits per heavy atom. The Morgan fingerprint density at radius 1 is 1.03 bits per heavy atom. The fourth-order valence-electron chi connectivity index (χ4n) is 7.91. The maximum absolute atomic E-state index is 13.4. The van der Waals surface area contributed by atoms with Crippen molar-refractivity contribution < 1.29 is 101 Å². The molecule has 4 saturated carbocycles. The molecule has 6 nitrogen and oxygen atoms in total. The molecular weight excluding hydrogens is 482 g/mol. The fourth-order valence-corrected chi connectivity index (χ4v) is 8.19. The number of ketones is 1. The molecule has 0 heterocycles. The molecule has 4 aliphatic rings. The van der Waals surface area contributed by atoms with Crippen LogP contribution in [-0.2, 0) is 13.9 Å². The van der Waals surface area contributed by atoms with Crippen molar-refractivity contribution in [1.82, 2.24) is 0 Å². The molecule has 178 valence electrons. The number of rotatable bonds is 4. The summed E-state index contributed by atoms with van der Waals surface area (Å²) in [6.07, 6.45) is -0.184. The summed E-state index contributed by atoms with van der Waals surface area (Å²) in [4.78, 5) is 34.2. The first-order chi connectivity index (χ1) is 14.3. The molecule has 3 unspecified atom stereocenters. The van der Waals surface area contributed by atoms with E-state index in [-0.39, 0.29) is 107 Å². The summed E-state index contributed by atoms with van der Waals surface area (Å²) >= 11 is 0. The molecule has 0 aromatic heterocycles. The Hall–Kier alpha value is 1.53. The van der Waals surface area contributed by atoms with Crippen LogP contribution in [0.3, 0.4) is 0 Å². The molecule has 4 aliphatic carbocycles. The Kier molecular flexibility index (Phi) is 9.99. The van der Waals surface area contributed by atoms with Gasteiger partial charge in [0.05, 0.1) is 7.82 Å². The number of aliphatic hydroxyl groups is 1. The van der Waals surface area contributed by atoms with Crippen LogP contribution < -0.4 is 68.9 Å². The van der Waals surface area contributed by atoms with Crippen molar-refractivity contribution in [2.24, 2.45) is 40.9 Å². The first-order valence-electron chi connectivity index (χ1n) is 11.2. The molecule has 0 radical (unpaired) electrons. The van der Waals surface area contributed by atoms with Crippen molar-refractivity contribution in [3.8, 4) is 0 Å². The van der Waals surface area contributed by atoms with Crippen LogP contribution in [0.25, 0.3) is 0 Å². The summed E-state index contributed by atoms with van der Waals surface area (Å²) in [5, 5.41) is 10.2. The van der Waals surface area contributed by atoms with E-state index in [1.807, 2.05) is 0 Å². The monoisotopic (exact) mass is 512 g/mol. The van der Waals surface area contributed by atoms with Gasteiger partial charge in [-0.25, -0.2) is 0 Å². The number of carbonyl (C=O) groups is 1. The Morgan fingerprint density at radius 2 is 1.67 bits per heavy atom. The molecule has 0 spiro atoms. The minimum atomic E-state index is -5.20. The third-order valence-electron chi connectivity index (χ3n) is 9.29. The molecule has 8 atom stereocenters. The van der Waals surface area contributed by atoms with Crippen LogP contribution in [0.4, 0.5) is 13.2 Å². The molecule has 4 fully saturated rings. The molecule has 0 bridgehead atoms. The van der Waals surface area contributed by atoms with Gasteiger partial charge in [-0.2, -0.15) is 13.2 Å². The summed E-state index contributed by atoms with van der Waals surface area (Å²) in [5.74, 6) is 0.249. The fraction of sp³-hybridized carbons (Fsp3) is 0.952. The maximum Gasteiger partial charge on any atom is 1.00 e. The first-order valence-corrected chi connectivity index (χ1v) is 12.7. The number of carbonyl (C=O) groups excluding carboxylic acids is 1. The van der Waals surface area contributed by atoms with Crippen LogP contribution in [0.15, 0.2) is 0 Å². The molecule has 0 aliphatic heterocycles. The van der Waals surface area contributed by atoms with Crippen molar-refractivity contribution in [2.75, 3.05) is 6.61 Å². The van der Waals surface area contributed by atoms with Crippen molar-refractivity contribution in [1.29, 1.82) is 0 Å². The van der Waals surface area contributed by atoms with E-state index in [1.165, 1.54) is 0 Å². The average molecular weight is 512 g/mol. The van der Waals surface area contributed by atoms with Crippen LogP contribution in [0.5, 0.6) is 0 Å². The molecule has 12 heteroatoms. The number of halogens is 3. The van der Waals surface area contributed by atoms with E-state index < -0.39 is 26.2 Å². The average Bonchev–Trinajstić information content (AvgIpc) is 3.01. The number of Topliss-reactive ketones (excluding diaryl/α,β-unsaturated/α-hetero) is 1. The van der Waals surface area contributed by atoms with E-state index >= 15 is 0 Å². The van der Waals surface area contributed by atoms with Gasteiger partial charge in [0.1, 0.15) is 6.61 Å². The number of hydrogen-bond acceptors (Lipinski definition) is 6. The zero-order chi connectivity index (χ0) is 22.8. The molecule has 0 saturated heterocycles. The molecule has 33 heavy (non-hydrogen) atoms. The quantitative estimate of drug-likeness (QED) is 0.317. The predicted molar refractivity (Wildman–Crippen MR) is 100 cm³/mol. The molecule has 1 N–H and O–H groups in total. The Balaban J connectivity index is 0.00000193. The van der Waals surface area contributed by atoms with Gasteiger partial charge in [0, 0.05) is 5.92 Å². The molecule has 0 amide bonds.